The van der Waals surface area contributed by atoms with Crippen molar-refractivity contribution < 1.29 is 14.7 Å². The van der Waals surface area contributed by atoms with Gasteiger partial charge < -0.3 is 14.7 Å². The van der Waals surface area contributed by atoms with Crippen LogP contribution in [0.15, 0.2) is 18.2 Å². The van der Waals surface area contributed by atoms with Crippen LogP contribution >= 0.6 is 0 Å². The van der Waals surface area contributed by atoms with E-state index in [1.165, 1.54) is 0 Å². The third-order valence-electron chi connectivity index (χ3n) is 1.56. The fourth-order valence-corrected chi connectivity index (χ4v) is 1.05. The molecule has 0 radical (unpaired) electrons. The van der Waals surface area contributed by atoms with Gasteiger partial charge in [-0.2, -0.15) is 0 Å². The molecule has 0 atom stereocenters. The predicted octanol–water partition coefficient (Wildman–Crippen LogP) is 0.00324. The molecular weight excluding hydrogens is 162 g/mol. The van der Waals surface area contributed by atoms with Gasteiger partial charge in [0.1, 0.15) is 5.75 Å². The normalized spacial score (nSPS) is 8.92. The maximum absolute atomic E-state index is 8.53. The molecule has 0 amide bonds. The summed E-state index contributed by atoms with van der Waals surface area (Å²) in [5.41, 5.74) is 2.01. The monoisotopic (exact) mass is 174 g/mol. The summed E-state index contributed by atoms with van der Waals surface area (Å²) in [7, 11) is -1.74. The van der Waals surface area contributed by atoms with Crippen LogP contribution in [0.5, 0.6) is 5.75 Å². The summed E-state index contributed by atoms with van der Waals surface area (Å²) in [5, 5.41) is 17.1. The van der Waals surface area contributed by atoms with Crippen LogP contribution in [0, 0.1) is 13.8 Å². The molecule has 0 heterocycles. The van der Waals surface area contributed by atoms with Gasteiger partial charge in [-0.1, -0.05) is 17.7 Å². The van der Waals surface area contributed by atoms with Gasteiger partial charge in [-0.15, -0.1) is 0 Å². The van der Waals surface area contributed by atoms with E-state index in [0.717, 1.165) is 11.1 Å². The Labute approximate surface area is 90.1 Å². The average Bonchev–Trinajstić information content (AvgIpc) is 1.94. The molecule has 0 unspecified atom stereocenters. The van der Waals surface area contributed by atoms with Crippen molar-refractivity contribution in [2.45, 2.75) is 13.8 Å². The molecule has 0 fully saturated rings. The number of rotatable bonds is 2. The molecular formula is C8H12BLiO3. The van der Waals surface area contributed by atoms with Gasteiger partial charge >= 0.3 is 26.2 Å². The predicted molar refractivity (Wildman–Crippen MR) is 53.9 cm³/mol. The summed E-state index contributed by atoms with van der Waals surface area (Å²) >= 11 is 0. The zero-order chi connectivity index (χ0) is 9.14. The summed E-state index contributed by atoms with van der Waals surface area (Å²) in [4.78, 5) is 0. The molecule has 2 N–H and O–H groups in total. The van der Waals surface area contributed by atoms with Crippen LogP contribution in [-0.4, -0.2) is 36.2 Å². The van der Waals surface area contributed by atoms with Crippen LogP contribution < -0.4 is 4.65 Å². The maximum atomic E-state index is 8.53. The van der Waals surface area contributed by atoms with Gasteiger partial charge in [0.15, 0.2) is 0 Å². The average molecular weight is 174 g/mol. The van der Waals surface area contributed by atoms with Crippen LogP contribution in [0.4, 0.5) is 0 Å². The standard InChI is InChI=1S/C8H11BO3.Li.H/c1-6-3-4-8(7(2)5-6)12-9(10)11;;/h3-5,10-11H,1-2H3;;. The molecule has 0 saturated heterocycles. The van der Waals surface area contributed by atoms with Crippen molar-refractivity contribution in [3.05, 3.63) is 29.3 Å². The Morgan fingerprint density at radius 3 is 2.31 bits per heavy atom. The van der Waals surface area contributed by atoms with Gasteiger partial charge in [-0.3, -0.25) is 0 Å². The van der Waals surface area contributed by atoms with Gasteiger partial charge in [0.25, 0.3) is 0 Å². The van der Waals surface area contributed by atoms with Crippen LogP contribution in [0.3, 0.4) is 0 Å². The van der Waals surface area contributed by atoms with Gasteiger partial charge in [-0.25, -0.2) is 0 Å². The Morgan fingerprint density at radius 1 is 1.23 bits per heavy atom. The summed E-state index contributed by atoms with van der Waals surface area (Å²) < 4.78 is 4.71. The molecule has 0 aliphatic heterocycles. The van der Waals surface area contributed by atoms with Crippen molar-refractivity contribution in [1.29, 1.82) is 0 Å². The molecule has 66 valence electrons. The van der Waals surface area contributed by atoms with Crippen molar-refractivity contribution in [1.82, 2.24) is 0 Å². The van der Waals surface area contributed by atoms with E-state index in [0.29, 0.717) is 5.75 Å². The van der Waals surface area contributed by atoms with Gasteiger partial charge in [0, 0.05) is 0 Å². The fourth-order valence-electron chi connectivity index (χ4n) is 1.05. The van der Waals surface area contributed by atoms with E-state index in [9.17, 15) is 0 Å². The van der Waals surface area contributed by atoms with Gasteiger partial charge in [0.2, 0.25) is 0 Å². The van der Waals surface area contributed by atoms with E-state index >= 15 is 0 Å². The fraction of sp³-hybridized carbons (Fsp3) is 0.250. The Hall–Kier alpha value is -0.398. The van der Waals surface area contributed by atoms with Crippen LogP contribution in [-0.2, 0) is 0 Å². The quantitative estimate of drug-likeness (QED) is 0.620. The second kappa shape index (κ2) is 5.36. The van der Waals surface area contributed by atoms with Crippen molar-refractivity contribution >= 4 is 26.2 Å². The van der Waals surface area contributed by atoms with E-state index in [1.54, 1.807) is 6.07 Å². The second-order valence-electron chi connectivity index (χ2n) is 2.71. The van der Waals surface area contributed by atoms with Gasteiger partial charge in [-0.05, 0) is 25.5 Å². The summed E-state index contributed by atoms with van der Waals surface area (Å²) in [6, 6.07) is 5.48. The molecule has 13 heavy (non-hydrogen) atoms. The topological polar surface area (TPSA) is 49.7 Å². The first-order valence-corrected chi connectivity index (χ1v) is 3.69. The zero-order valence-corrected chi connectivity index (χ0v) is 7.11. The van der Waals surface area contributed by atoms with E-state index in [1.807, 2.05) is 26.0 Å². The Balaban J connectivity index is 0.00000144. The molecule has 1 aromatic rings. The second-order valence-corrected chi connectivity index (χ2v) is 2.71. The minimum atomic E-state index is -1.74. The van der Waals surface area contributed by atoms with E-state index in [2.05, 4.69) is 0 Å². The Bertz CT molecular complexity index is 278. The van der Waals surface area contributed by atoms with Gasteiger partial charge in [0.05, 0.1) is 0 Å². The number of hydrogen-bond acceptors (Lipinski definition) is 3. The van der Waals surface area contributed by atoms with Crippen molar-refractivity contribution in [3.63, 3.8) is 0 Å². The summed E-state index contributed by atoms with van der Waals surface area (Å²) in [5.74, 6) is 0.496. The van der Waals surface area contributed by atoms with Crippen LogP contribution in [0.1, 0.15) is 11.1 Å². The molecule has 1 aromatic carbocycles. The molecule has 0 aromatic heterocycles. The molecule has 5 heteroatoms. The summed E-state index contributed by atoms with van der Waals surface area (Å²) in [6.45, 7) is 3.82. The summed E-state index contributed by atoms with van der Waals surface area (Å²) in [6.07, 6.45) is 0. The molecule has 0 spiro atoms. The van der Waals surface area contributed by atoms with E-state index < -0.39 is 7.32 Å². The minimum absolute atomic E-state index is 0. The van der Waals surface area contributed by atoms with Crippen LogP contribution in [0.2, 0.25) is 0 Å². The van der Waals surface area contributed by atoms with Crippen LogP contribution in [0.25, 0.3) is 0 Å². The molecule has 0 aliphatic carbocycles. The SMILES string of the molecule is Cc1ccc(OB(O)O)c(C)c1.[LiH]. The van der Waals surface area contributed by atoms with Crippen molar-refractivity contribution in [2.24, 2.45) is 0 Å². The molecule has 3 nitrogen and oxygen atoms in total. The number of aryl methyl sites for hydroxylation is 2. The molecule has 0 aliphatic rings. The Morgan fingerprint density at radius 2 is 1.85 bits per heavy atom. The molecule has 0 bridgehead atoms. The first kappa shape index (κ1) is 12.6. The first-order valence-electron chi connectivity index (χ1n) is 3.69. The molecule has 1 rings (SSSR count). The van der Waals surface area contributed by atoms with E-state index in [-0.39, 0.29) is 18.9 Å². The molecule has 0 saturated carbocycles. The third-order valence-corrected chi connectivity index (χ3v) is 1.56. The number of hydrogen-bond donors (Lipinski definition) is 2. The zero-order valence-electron chi connectivity index (χ0n) is 7.11. The Kier molecular flexibility index (Phi) is 5.19. The van der Waals surface area contributed by atoms with Crippen molar-refractivity contribution in [2.75, 3.05) is 0 Å². The first-order chi connectivity index (χ1) is 5.59. The third kappa shape index (κ3) is 3.88. The van der Waals surface area contributed by atoms with E-state index in [4.69, 9.17) is 14.7 Å². The van der Waals surface area contributed by atoms with Crippen molar-refractivity contribution in [3.8, 4) is 5.75 Å². The number of benzene rings is 1.